The van der Waals surface area contributed by atoms with E-state index in [-0.39, 0.29) is 17.1 Å². The van der Waals surface area contributed by atoms with Gasteiger partial charge in [-0.1, -0.05) is 19.4 Å². The van der Waals surface area contributed by atoms with Crippen LogP contribution in [0.3, 0.4) is 0 Å². The summed E-state index contributed by atoms with van der Waals surface area (Å²) in [5.41, 5.74) is 3.95. The average molecular weight is 561 g/mol. The van der Waals surface area contributed by atoms with Crippen molar-refractivity contribution < 1.29 is 43.7 Å². The lowest BCUT2D eigenvalue weighted by Gasteiger charge is -2.58. The molecule has 4 aliphatic carbocycles. The Morgan fingerprint density at radius 2 is 1.75 bits per heavy atom. The van der Waals surface area contributed by atoms with Gasteiger partial charge in [-0.25, -0.2) is 4.79 Å². The van der Waals surface area contributed by atoms with Gasteiger partial charge in [-0.3, -0.25) is 24.0 Å². The second kappa shape index (κ2) is 11.1. The molecular formula is C29H40N2O9. The van der Waals surface area contributed by atoms with Gasteiger partial charge < -0.3 is 26.0 Å². The van der Waals surface area contributed by atoms with E-state index in [9.17, 15) is 33.9 Å². The number of allylic oxidation sites excluding steroid dienone is 1. The van der Waals surface area contributed by atoms with Crippen molar-refractivity contribution in [2.75, 3.05) is 6.61 Å². The normalized spacial score (nSPS) is 35.3. The van der Waals surface area contributed by atoms with Crippen LogP contribution >= 0.6 is 0 Å². The SMILES string of the molecule is C[C@]12CCC(=O)C=C1CC[C@H]1[C@H]3CC[C@](O)(C(=O)COC(=O)CCC(=O)N[C@@H](CC(N)=O)C(=O)O)[C@@]3(C)CC[C@@H]12. The number of carbonyl (C=O) groups excluding carboxylic acids is 5. The number of hydrogen-bond acceptors (Lipinski definition) is 8. The van der Waals surface area contributed by atoms with Crippen LogP contribution in [0.2, 0.25) is 0 Å². The molecular weight excluding hydrogens is 520 g/mol. The van der Waals surface area contributed by atoms with Crippen LogP contribution in [0.5, 0.6) is 0 Å². The minimum atomic E-state index is -1.62. The number of esters is 1. The van der Waals surface area contributed by atoms with Crippen molar-refractivity contribution in [2.24, 2.45) is 34.3 Å². The van der Waals surface area contributed by atoms with Crippen LogP contribution in [-0.4, -0.2) is 63.8 Å². The van der Waals surface area contributed by atoms with E-state index in [0.717, 1.165) is 25.7 Å². The summed E-state index contributed by atoms with van der Waals surface area (Å²) < 4.78 is 5.12. The molecule has 40 heavy (non-hydrogen) atoms. The molecule has 4 rings (SSSR count). The van der Waals surface area contributed by atoms with Gasteiger partial charge in [-0.05, 0) is 74.2 Å². The summed E-state index contributed by atoms with van der Waals surface area (Å²) in [6.45, 7) is 3.64. The van der Waals surface area contributed by atoms with Gasteiger partial charge in [0.2, 0.25) is 17.6 Å². The second-order valence-corrected chi connectivity index (χ2v) is 12.5. The number of nitrogens with one attached hydrogen (secondary N) is 1. The smallest absolute Gasteiger partial charge is 0.326 e. The molecule has 4 aliphatic rings. The Morgan fingerprint density at radius 1 is 1.05 bits per heavy atom. The minimum Gasteiger partial charge on any atom is -0.480 e. The molecule has 11 heteroatoms. The van der Waals surface area contributed by atoms with Gasteiger partial charge in [0.1, 0.15) is 11.6 Å². The van der Waals surface area contributed by atoms with Crippen LogP contribution in [0.4, 0.5) is 0 Å². The predicted molar refractivity (Wildman–Crippen MR) is 140 cm³/mol. The highest BCUT2D eigenvalue weighted by Gasteiger charge is 2.66. The van der Waals surface area contributed by atoms with Crippen molar-refractivity contribution in [3.05, 3.63) is 11.6 Å². The number of Topliss-reactive ketones (excluding diaryl/α,β-unsaturated/α-hetero) is 1. The summed E-state index contributed by atoms with van der Waals surface area (Å²) >= 11 is 0. The Hall–Kier alpha value is -3.08. The van der Waals surface area contributed by atoms with Gasteiger partial charge >= 0.3 is 11.9 Å². The Balaban J connectivity index is 1.33. The molecule has 220 valence electrons. The molecule has 0 aromatic carbocycles. The molecule has 0 aliphatic heterocycles. The number of hydrogen-bond donors (Lipinski definition) is 4. The van der Waals surface area contributed by atoms with Crippen LogP contribution in [0.15, 0.2) is 11.6 Å². The van der Waals surface area contributed by atoms with E-state index < -0.39 is 72.5 Å². The molecule has 3 saturated carbocycles. The summed E-state index contributed by atoms with van der Waals surface area (Å²) in [4.78, 5) is 71.8. The van der Waals surface area contributed by atoms with Crippen molar-refractivity contribution >= 4 is 35.3 Å². The molecule has 0 heterocycles. The molecule has 0 aromatic heterocycles. The quantitative estimate of drug-likeness (QED) is 0.287. The van der Waals surface area contributed by atoms with Gasteiger partial charge in [-0.15, -0.1) is 0 Å². The van der Waals surface area contributed by atoms with Gasteiger partial charge in [0, 0.05) is 18.3 Å². The van der Waals surface area contributed by atoms with Crippen LogP contribution in [-0.2, 0) is 33.5 Å². The van der Waals surface area contributed by atoms with Gasteiger partial charge in [-0.2, -0.15) is 0 Å². The Labute approximate surface area is 233 Å². The number of ketones is 2. The lowest BCUT2D eigenvalue weighted by Crippen LogP contribution is -2.58. The van der Waals surface area contributed by atoms with Crippen molar-refractivity contribution in [2.45, 2.75) is 96.1 Å². The number of carboxylic acids is 1. The average Bonchev–Trinajstić information content (AvgIpc) is 3.17. The lowest BCUT2D eigenvalue weighted by molar-refractivity contribution is -0.170. The van der Waals surface area contributed by atoms with Crippen LogP contribution in [0, 0.1) is 28.6 Å². The first kappa shape index (κ1) is 29.9. The minimum absolute atomic E-state index is 0.0188. The zero-order chi connectivity index (χ0) is 29.5. The highest BCUT2D eigenvalue weighted by atomic mass is 16.5. The zero-order valence-corrected chi connectivity index (χ0v) is 23.2. The van der Waals surface area contributed by atoms with Crippen molar-refractivity contribution in [3.8, 4) is 0 Å². The summed E-state index contributed by atoms with van der Waals surface area (Å²) in [7, 11) is 0. The summed E-state index contributed by atoms with van der Waals surface area (Å²) in [5.74, 6) is -3.38. The van der Waals surface area contributed by atoms with E-state index in [4.69, 9.17) is 15.6 Å². The largest absolute Gasteiger partial charge is 0.480 e. The number of nitrogens with two attached hydrogens (primary N) is 1. The van der Waals surface area contributed by atoms with Crippen LogP contribution in [0.1, 0.15) is 84.5 Å². The maximum Gasteiger partial charge on any atom is 0.326 e. The first-order valence-electron chi connectivity index (χ1n) is 14.2. The molecule has 7 atom stereocenters. The van der Waals surface area contributed by atoms with Crippen molar-refractivity contribution in [1.82, 2.24) is 5.32 Å². The first-order valence-corrected chi connectivity index (χ1v) is 14.2. The summed E-state index contributed by atoms with van der Waals surface area (Å²) in [6.07, 6.45) is 6.21. The van der Waals surface area contributed by atoms with E-state index in [0.29, 0.717) is 37.5 Å². The molecule has 3 fully saturated rings. The molecule has 0 spiro atoms. The summed E-state index contributed by atoms with van der Waals surface area (Å²) in [5, 5.41) is 22.9. The topological polar surface area (TPSA) is 190 Å². The fraction of sp³-hybridized carbons (Fsp3) is 0.724. The third kappa shape index (κ3) is 5.32. The summed E-state index contributed by atoms with van der Waals surface area (Å²) in [6, 6.07) is -1.50. The zero-order valence-electron chi connectivity index (χ0n) is 23.2. The number of fused-ring (bicyclic) bond motifs is 5. The van der Waals surface area contributed by atoms with Crippen LogP contribution < -0.4 is 11.1 Å². The highest BCUT2D eigenvalue weighted by molar-refractivity contribution is 5.92. The number of primary amides is 1. The number of aliphatic carboxylic acids is 1. The molecule has 0 saturated heterocycles. The number of carboxylic acid groups (broad SMARTS) is 1. The maximum absolute atomic E-state index is 13.3. The fourth-order valence-electron chi connectivity index (χ4n) is 8.25. The number of rotatable bonds is 10. The molecule has 0 unspecified atom stereocenters. The molecule has 0 bridgehead atoms. The molecule has 0 radical (unpaired) electrons. The number of carbonyl (C=O) groups is 6. The van der Waals surface area contributed by atoms with E-state index in [2.05, 4.69) is 12.2 Å². The Kier molecular flexibility index (Phi) is 8.27. The van der Waals surface area contributed by atoms with E-state index >= 15 is 0 Å². The number of amides is 2. The number of aliphatic hydroxyl groups is 1. The molecule has 0 aromatic rings. The Bertz CT molecular complexity index is 1150. The van der Waals surface area contributed by atoms with Gasteiger partial charge in [0.15, 0.2) is 12.4 Å². The van der Waals surface area contributed by atoms with Gasteiger partial charge in [0.25, 0.3) is 0 Å². The van der Waals surface area contributed by atoms with E-state index in [1.54, 1.807) is 0 Å². The van der Waals surface area contributed by atoms with E-state index in [1.807, 2.05) is 13.0 Å². The van der Waals surface area contributed by atoms with Gasteiger partial charge in [0.05, 0.1) is 12.8 Å². The molecule has 11 nitrogen and oxygen atoms in total. The lowest BCUT2D eigenvalue weighted by atomic mass is 9.46. The standard InChI is InChI=1S/C29H40N2O9/c1-27-10-7-17(32)13-16(27)3-4-18-19(27)8-11-28(2)20(18)9-12-29(28,39)22(33)15-40-25(36)6-5-24(35)31-21(26(37)38)14-23(30)34/h13,18-21,39H,3-12,14-15H2,1-2H3,(H2,30,34)(H,31,35)(H,37,38)/t18-,19+,20-,21+,27+,28+,29+/m1/s1. The van der Waals surface area contributed by atoms with Crippen molar-refractivity contribution in [3.63, 3.8) is 0 Å². The first-order chi connectivity index (χ1) is 18.7. The van der Waals surface area contributed by atoms with Crippen LogP contribution in [0.25, 0.3) is 0 Å². The van der Waals surface area contributed by atoms with Crippen molar-refractivity contribution in [1.29, 1.82) is 0 Å². The monoisotopic (exact) mass is 560 g/mol. The maximum atomic E-state index is 13.3. The predicted octanol–water partition coefficient (Wildman–Crippen LogP) is 1.59. The highest BCUT2D eigenvalue weighted by Crippen LogP contribution is 2.67. The van der Waals surface area contributed by atoms with E-state index in [1.165, 1.54) is 5.57 Å². The fourth-order valence-corrected chi connectivity index (χ4v) is 8.25. The second-order valence-electron chi connectivity index (χ2n) is 12.5. The third-order valence-electron chi connectivity index (χ3n) is 10.5. The number of ether oxygens (including phenoxy) is 1. The molecule has 5 N–H and O–H groups in total. The molecule has 2 amide bonds. The third-order valence-corrected chi connectivity index (χ3v) is 10.5. The Morgan fingerprint density at radius 3 is 2.42 bits per heavy atom.